The minimum Gasteiger partial charge on any atom is -0.493 e. The van der Waals surface area contributed by atoms with E-state index in [1.165, 1.54) is 12.1 Å². The molecule has 1 aliphatic rings. The fourth-order valence-electron chi connectivity index (χ4n) is 1.89. The third-order valence-corrected chi connectivity index (χ3v) is 4.44. The van der Waals surface area contributed by atoms with E-state index in [1.54, 1.807) is 13.0 Å². The average Bonchev–Trinajstić information content (AvgIpc) is 2.82. The minimum absolute atomic E-state index is 0.0662. The lowest BCUT2D eigenvalue weighted by atomic mass is 10.2. The van der Waals surface area contributed by atoms with E-state index < -0.39 is 22.0 Å². The van der Waals surface area contributed by atoms with E-state index in [-0.39, 0.29) is 11.3 Å². The van der Waals surface area contributed by atoms with Crippen molar-refractivity contribution in [2.45, 2.75) is 30.7 Å². The molecule has 104 valence electrons. The number of hydrogen-bond acceptors (Lipinski definition) is 4. The van der Waals surface area contributed by atoms with Gasteiger partial charge in [0.05, 0.1) is 11.5 Å². The molecule has 0 aliphatic carbocycles. The molecule has 19 heavy (non-hydrogen) atoms. The molecule has 7 heteroatoms. The molecule has 1 aliphatic heterocycles. The van der Waals surface area contributed by atoms with Gasteiger partial charge in [0.1, 0.15) is 11.8 Å². The summed E-state index contributed by atoms with van der Waals surface area (Å²) in [6.45, 7) is 2.15. The van der Waals surface area contributed by atoms with Gasteiger partial charge < -0.3 is 9.84 Å². The molecule has 6 nitrogen and oxygen atoms in total. The van der Waals surface area contributed by atoms with Crippen molar-refractivity contribution in [3.05, 3.63) is 23.8 Å². The van der Waals surface area contributed by atoms with E-state index in [0.29, 0.717) is 18.8 Å². The summed E-state index contributed by atoms with van der Waals surface area (Å²) in [5.74, 6) is -0.500. The Labute approximate surface area is 111 Å². The molecule has 0 radical (unpaired) electrons. The van der Waals surface area contributed by atoms with Crippen LogP contribution in [0.5, 0.6) is 5.75 Å². The molecular weight excluding hydrogens is 270 g/mol. The van der Waals surface area contributed by atoms with Crippen molar-refractivity contribution in [1.82, 2.24) is 4.72 Å². The van der Waals surface area contributed by atoms with Gasteiger partial charge in [0.15, 0.2) is 0 Å². The van der Waals surface area contributed by atoms with Crippen LogP contribution in [0.2, 0.25) is 0 Å². The number of nitrogens with one attached hydrogen (secondary N) is 1. The summed E-state index contributed by atoms with van der Waals surface area (Å²) in [6.07, 6.45) is 0.845. The highest BCUT2D eigenvalue weighted by Gasteiger charge is 2.25. The first-order valence-electron chi connectivity index (χ1n) is 5.95. The highest BCUT2D eigenvalue weighted by Crippen LogP contribution is 2.27. The molecule has 1 atom stereocenters. The van der Waals surface area contributed by atoms with E-state index in [0.717, 1.165) is 5.56 Å². The second-order valence-electron chi connectivity index (χ2n) is 4.29. The van der Waals surface area contributed by atoms with Crippen LogP contribution in [0.25, 0.3) is 0 Å². The average molecular weight is 285 g/mol. The third-order valence-electron chi connectivity index (χ3n) is 2.97. The Balaban J connectivity index is 2.27. The van der Waals surface area contributed by atoms with Gasteiger partial charge in [0.25, 0.3) is 0 Å². The smallest absolute Gasteiger partial charge is 0.321 e. The zero-order chi connectivity index (χ0) is 14.0. The van der Waals surface area contributed by atoms with E-state index >= 15 is 0 Å². The predicted molar refractivity (Wildman–Crippen MR) is 67.7 cm³/mol. The number of aliphatic carboxylic acids is 1. The van der Waals surface area contributed by atoms with Gasteiger partial charge in [-0.25, -0.2) is 8.42 Å². The predicted octanol–water partition coefficient (Wildman–Crippen LogP) is 0.763. The van der Waals surface area contributed by atoms with Crippen LogP contribution in [0.1, 0.15) is 18.9 Å². The number of carboxylic acids is 1. The number of benzene rings is 1. The Kier molecular flexibility index (Phi) is 3.77. The quantitative estimate of drug-likeness (QED) is 0.833. The van der Waals surface area contributed by atoms with Crippen molar-refractivity contribution >= 4 is 16.0 Å². The van der Waals surface area contributed by atoms with Crippen LogP contribution in [0.3, 0.4) is 0 Å². The third kappa shape index (κ3) is 2.87. The van der Waals surface area contributed by atoms with Crippen LogP contribution in [0, 0.1) is 0 Å². The van der Waals surface area contributed by atoms with Gasteiger partial charge in [-0.1, -0.05) is 6.92 Å². The van der Waals surface area contributed by atoms with Gasteiger partial charge in [-0.3, -0.25) is 4.79 Å². The Morgan fingerprint density at radius 2 is 2.26 bits per heavy atom. The molecule has 0 saturated carbocycles. The number of ether oxygens (including phenoxy) is 1. The standard InChI is InChI=1S/C12H15NO5S/c1-2-10(12(14)15)13-19(16,17)9-3-4-11-8(7-9)5-6-18-11/h3-4,7,10,13H,2,5-6H2,1H3,(H,14,15)/t10-/m1/s1. The normalized spacial score (nSPS) is 15.6. The topological polar surface area (TPSA) is 92.7 Å². The molecule has 0 bridgehead atoms. The molecule has 1 aromatic carbocycles. The summed E-state index contributed by atoms with van der Waals surface area (Å²) in [6, 6.07) is 3.42. The molecule has 1 aromatic rings. The molecule has 0 aromatic heterocycles. The number of sulfonamides is 1. The first-order valence-corrected chi connectivity index (χ1v) is 7.43. The summed E-state index contributed by atoms with van der Waals surface area (Å²) >= 11 is 0. The number of rotatable bonds is 5. The lowest BCUT2D eigenvalue weighted by molar-refractivity contribution is -0.139. The fraction of sp³-hybridized carbons (Fsp3) is 0.417. The van der Waals surface area contributed by atoms with Crippen LogP contribution in [0.15, 0.2) is 23.1 Å². The SMILES string of the molecule is CC[C@@H](NS(=O)(=O)c1ccc2c(c1)CCO2)C(=O)O. The van der Waals surface area contributed by atoms with Crippen molar-refractivity contribution in [3.63, 3.8) is 0 Å². The zero-order valence-corrected chi connectivity index (χ0v) is 11.2. The summed E-state index contributed by atoms with van der Waals surface area (Å²) in [4.78, 5) is 10.9. The Morgan fingerprint density at radius 1 is 1.53 bits per heavy atom. The van der Waals surface area contributed by atoms with Gasteiger partial charge in [-0.15, -0.1) is 0 Å². The first-order chi connectivity index (χ1) is 8.94. The molecular formula is C12H15NO5S. The first kappa shape index (κ1) is 13.8. The van der Waals surface area contributed by atoms with E-state index in [2.05, 4.69) is 4.72 Å². The number of carbonyl (C=O) groups is 1. The molecule has 2 N–H and O–H groups in total. The van der Waals surface area contributed by atoms with Crippen molar-refractivity contribution < 1.29 is 23.1 Å². The van der Waals surface area contributed by atoms with Crippen LogP contribution >= 0.6 is 0 Å². The van der Waals surface area contributed by atoms with Crippen LogP contribution in [-0.4, -0.2) is 32.1 Å². The van der Waals surface area contributed by atoms with Gasteiger partial charge in [-0.2, -0.15) is 4.72 Å². The maximum absolute atomic E-state index is 12.1. The van der Waals surface area contributed by atoms with Crippen molar-refractivity contribution in [3.8, 4) is 5.75 Å². The highest BCUT2D eigenvalue weighted by atomic mass is 32.2. The molecule has 0 spiro atoms. The second kappa shape index (κ2) is 5.18. The maximum Gasteiger partial charge on any atom is 0.321 e. The summed E-state index contributed by atoms with van der Waals surface area (Å²) < 4.78 is 31.7. The van der Waals surface area contributed by atoms with Crippen LogP contribution < -0.4 is 9.46 Å². The molecule has 0 unspecified atom stereocenters. The summed E-state index contributed by atoms with van der Waals surface area (Å²) in [7, 11) is -3.82. The van der Waals surface area contributed by atoms with Gasteiger partial charge >= 0.3 is 5.97 Å². The van der Waals surface area contributed by atoms with E-state index in [9.17, 15) is 13.2 Å². The molecule has 0 fully saturated rings. The van der Waals surface area contributed by atoms with Gasteiger partial charge in [0.2, 0.25) is 10.0 Å². The van der Waals surface area contributed by atoms with Crippen LogP contribution in [0.4, 0.5) is 0 Å². The maximum atomic E-state index is 12.1. The monoisotopic (exact) mass is 285 g/mol. The minimum atomic E-state index is -3.82. The van der Waals surface area contributed by atoms with E-state index in [1.807, 2.05) is 0 Å². The largest absolute Gasteiger partial charge is 0.493 e. The lowest BCUT2D eigenvalue weighted by Gasteiger charge is -2.13. The Hall–Kier alpha value is -1.60. The van der Waals surface area contributed by atoms with Crippen LogP contribution in [-0.2, 0) is 21.2 Å². The summed E-state index contributed by atoms with van der Waals surface area (Å²) in [5.41, 5.74) is 0.825. The zero-order valence-electron chi connectivity index (χ0n) is 10.4. The Morgan fingerprint density at radius 3 is 2.89 bits per heavy atom. The second-order valence-corrected chi connectivity index (χ2v) is 6.00. The van der Waals surface area contributed by atoms with E-state index in [4.69, 9.17) is 9.84 Å². The summed E-state index contributed by atoms with van der Waals surface area (Å²) in [5, 5.41) is 8.89. The molecule has 0 saturated heterocycles. The number of fused-ring (bicyclic) bond motifs is 1. The lowest BCUT2D eigenvalue weighted by Crippen LogP contribution is -2.40. The molecule has 0 amide bonds. The number of carboxylic acid groups (broad SMARTS) is 1. The van der Waals surface area contributed by atoms with Crippen molar-refractivity contribution in [1.29, 1.82) is 0 Å². The fourth-order valence-corrected chi connectivity index (χ4v) is 3.22. The van der Waals surface area contributed by atoms with Gasteiger partial charge in [-0.05, 0) is 30.2 Å². The Bertz CT molecular complexity index is 596. The van der Waals surface area contributed by atoms with Crippen molar-refractivity contribution in [2.75, 3.05) is 6.61 Å². The number of hydrogen-bond donors (Lipinski definition) is 2. The van der Waals surface area contributed by atoms with Crippen molar-refractivity contribution in [2.24, 2.45) is 0 Å². The highest BCUT2D eigenvalue weighted by molar-refractivity contribution is 7.89. The van der Waals surface area contributed by atoms with Gasteiger partial charge in [0, 0.05) is 6.42 Å². The molecule has 1 heterocycles. The molecule has 2 rings (SSSR count).